The molecule has 0 N–H and O–H groups in total. The smallest absolute Gasteiger partial charge is 0.276 e. The first-order chi connectivity index (χ1) is 9.65. The van der Waals surface area contributed by atoms with Crippen LogP contribution in [0.5, 0.6) is 0 Å². The zero-order valence-electron chi connectivity index (χ0n) is 11.6. The molecule has 3 heterocycles. The molecule has 0 aromatic carbocycles. The summed E-state index contributed by atoms with van der Waals surface area (Å²) < 4.78 is 6.89. The summed E-state index contributed by atoms with van der Waals surface area (Å²) in [4.78, 5) is 14.2. The molecule has 0 aliphatic carbocycles. The average molecular weight is 275 g/mol. The van der Waals surface area contributed by atoms with Crippen molar-refractivity contribution in [3.05, 3.63) is 29.7 Å². The molecule has 2 aromatic heterocycles. The first-order valence-corrected chi connectivity index (χ1v) is 6.71. The van der Waals surface area contributed by atoms with Gasteiger partial charge in [-0.1, -0.05) is 5.16 Å². The van der Waals surface area contributed by atoms with Crippen molar-refractivity contribution in [3.63, 3.8) is 0 Å². The molecule has 1 atom stereocenters. The Morgan fingerprint density at radius 3 is 3.00 bits per heavy atom. The maximum atomic E-state index is 12.4. The number of rotatable bonds is 2. The molecule has 7 heteroatoms. The summed E-state index contributed by atoms with van der Waals surface area (Å²) in [5, 5.41) is 11.9. The maximum absolute atomic E-state index is 12.4. The molecule has 0 bridgehead atoms. The van der Waals surface area contributed by atoms with Crippen molar-refractivity contribution in [2.45, 2.75) is 25.7 Å². The van der Waals surface area contributed by atoms with Crippen molar-refractivity contribution < 1.29 is 9.32 Å². The highest BCUT2D eigenvalue weighted by atomic mass is 16.5. The second-order valence-corrected chi connectivity index (χ2v) is 5.21. The quantitative estimate of drug-likeness (QED) is 0.821. The number of hydrogen-bond acceptors (Lipinski definition) is 5. The lowest BCUT2D eigenvalue weighted by atomic mass is 9.97. The summed E-state index contributed by atoms with van der Waals surface area (Å²) in [6, 6.07) is 1.67. The Balaban J connectivity index is 1.75. The minimum absolute atomic E-state index is 0.0753. The Bertz CT molecular complexity index is 618. The molecule has 1 fully saturated rings. The highest BCUT2D eigenvalue weighted by Gasteiger charge is 2.29. The second kappa shape index (κ2) is 5.07. The highest BCUT2D eigenvalue weighted by Crippen LogP contribution is 2.25. The molecule has 1 amide bonds. The van der Waals surface area contributed by atoms with Crippen LogP contribution < -0.4 is 0 Å². The molecule has 106 valence electrons. The number of aryl methyl sites for hydroxylation is 2. The fourth-order valence-electron chi connectivity index (χ4n) is 2.66. The van der Waals surface area contributed by atoms with Crippen molar-refractivity contribution >= 4 is 5.91 Å². The van der Waals surface area contributed by atoms with E-state index in [0.717, 1.165) is 25.2 Å². The summed E-state index contributed by atoms with van der Waals surface area (Å²) in [6.45, 7) is 3.18. The van der Waals surface area contributed by atoms with Crippen LogP contribution in [0.4, 0.5) is 0 Å². The molecule has 2 aromatic rings. The fraction of sp³-hybridized carbons (Fsp3) is 0.538. The number of carbonyl (C=O) groups is 1. The van der Waals surface area contributed by atoms with Crippen LogP contribution in [-0.4, -0.2) is 43.8 Å². The molecule has 0 saturated carbocycles. The van der Waals surface area contributed by atoms with Gasteiger partial charge in [-0.3, -0.25) is 4.79 Å². The topological polar surface area (TPSA) is 77.1 Å². The van der Waals surface area contributed by atoms with Crippen molar-refractivity contribution in [1.29, 1.82) is 0 Å². The van der Waals surface area contributed by atoms with E-state index in [1.165, 1.54) is 0 Å². The zero-order chi connectivity index (χ0) is 14.1. The summed E-state index contributed by atoms with van der Waals surface area (Å²) in [6.07, 6.45) is 3.67. The molecular formula is C13H17N5O2. The van der Waals surface area contributed by atoms with Gasteiger partial charge in [0.1, 0.15) is 17.9 Å². The van der Waals surface area contributed by atoms with E-state index in [4.69, 9.17) is 4.52 Å². The molecule has 3 rings (SSSR count). The van der Waals surface area contributed by atoms with E-state index in [9.17, 15) is 4.79 Å². The Kier molecular flexibility index (Phi) is 3.25. The van der Waals surface area contributed by atoms with Crippen LogP contribution in [0, 0.1) is 6.92 Å². The predicted octanol–water partition coefficient (Wildman–Crippen LogP) is 1.13. The van der Waals surface area contributed by atoms with Crippen LogP contribution in [0.3, 0.4) is 0 Å². The van der Waals surface area contributed by atoms with Crippen LogP contribution in [0.15, 0.2) is 16.9 Å². The molecule has 7 nitrogen and oxygen atoms in total. The number of aromatic nitrogens is 4. The van der Waals surface area contributed by atoms with Gasteiger partial charge in [-0.15, -0.1) is 10.2 Å². The van der Waals surface area contributed by atoms with Crippen LogP contribution >= 0.6 is 0 Å². The maximum Gasteiger partial charge on any atom is 0.276 e. The fourth-order valence-corrected chi connectivity index (χ4v) is 2.66. The first-order valence-electron chi connectivity index (χ1n) is 6.71. The van der Waals surface area contributed by atoms with Crippen molar-refractivity contribution in [2.24, 2.45) is 7.05 Å². The van der Waals surface area contributed by atoms with Gasteiger partial charge in [0.15, 0.2) is 5.69 Å². The van der Waals surface area contributed by atoms with E-state index in [2.05, 4.69) is 15.4 Å². The number of likely N-dealkylation sites (tertiary alicyclic amines) is 1. The Labute approximate surface area is 116 Å². The van der Waals surface area contributed by atoms with Gasteiger partial charge in [0.25, 0.3) is 5.91 Å². The highest BCUT2D eigenvalue weighted by molar-refractivity contribution is 5.92. The third kappa shape index (κ3) is 2.31. The van der Waals surface area contributed by atoms with E-state index in [1.807, 2.05) is 16.5 Å². The second-order valence-electron chi connectivity index (χ2n) is 5.21. The standard InChI is InChI=1S/C13H17N5O2/c1-9-6-11(16-20-9)13(19)18-5-3-4-10(7-18)12-15-14-8-17(12)2/h6,8,10H,3-5,7H2,1-2H3/t10-/m0/s1. The van der Waals surface area contributed by atoms with E-state index >= 15 is 0 Å². The summed E-state index contributed by atoms with van der Waals surface area (Å²) in [5.41, 5.74) is 0.376. The van der Waals surface area contributed by atoms with Gasteiger partial charge in [0, 0.05) is 32.1 Å². The van der Waals surface area contributed by atoms with Crippen LogP contribution in [0.1, 0.15) is 40.8 Å². The van der Waals surface area contributed by atoms with E-state index < -0.39 is 0 Å². The monoisotopic (exact) mass is 275 g/mol. The Morgan fingerprint density at radius 1 is 1.50 bits per heavy atom. The number of piperidine rings is 1. The summed E-state index contributed by atoms with van der Waals surface area (Å²) in [5.74, 6) is 1.73. The molecule has 0 spiro atoms. The predicted molar refractivity (Wildman–Crippen MR) is 70.1 cm³/mol. The molecule has 1 aliphatic heterocycles. The van der Waals surface area contributed by atoms with E-state index in [1.54, 1.807) is 19.3 Å². The van der Waals surface area contributed by atoms with E-state index in [-0.39, 0.29) is 11.8 Å². The zero-order valence-corrected chi connectivity index (χ0v) is 11.6. The lowest BCUT2D eigenvalue weighted by Gasteiger charge is -2.31. The van der Waals surface area contributed by atoms with Gasteiger partial charge in [0.2, 0.25) is 0 Å². The van der Waals surface area contributed by atoms with Crippen molar-refractivity contribution in [2.75, 3.05) is 13.1 Å². The molecule has 1 aliphatic rings. The lowest BCUT2D eigenvalue weighted by Crippen LogP contribution is -2.39. The molecule has 20 heavy (non-hydrogen) atoms. The number of amides is 1. The van der Waals surface area contributed by atoms with Gasteiger partial charge in [-0.05, 0) is 19.8 Å². The minimum Gasteiger partial charge on any atom is -0.361 e. The number of nitrogens with zero attached hydrogens (tertiary/aromatic N) is 5. The normalized spacial score (nSPS) is 19.3. The van der Waals surface area contributed by atoms with Gasteiger partial charge in [-0.2, -0.15) is 0 Å². The van der Waals surface area contributed by atoms with Gasteiger partial charge < -0.3 is 14.0 Å². The van der Waals surface area contributed by atoms with Crippen molar-refractivity contribution in [1.82, 2.24) is 24.8 Å². The van der Waals surface area contributed by atoms with Gasteiger partial charge >= 0.3 is 0 Å². The molecule has 1 saturated heterocycles. The van der Waals surface area contributed by atoms with Crippen LogP contribution in [-0.2, 0) is 7.05 Å². The first kappa shape index (κ1) is 12.8. The van der Waals surface area contributed by atoms with E-state index in [0.29, 0.717) is 18.0 Å². The molecule has 0 unspecified atom stereocenters. The Morgan fingerprint density at radius 2 is 2.35 bits per heavy atom. The average Bonchev–Trinajstić information content (AvgIpc) is 3.07. The number of carbonyl (C=O) groups excluding carboxylic acids is 1. The summed E-state index contributed by atoms with van der Waals surface area (Å²) >= 11 is 0. The third-order valence-electron chi connectivity index (χ3n) is 3.67. The molecular weight excluding hydrogens is 258 g/mol. The third-order valence-corrected chi connectivity index (χ3v) is 3.67. The molecule has 0 radical (unpaired) electrons. The lowest BCUT2D eigenvalue weighted by molar-refractivity contribution is 0.0693. The Hall–Kier alpha value is -2.18. The van der Waals surface area contributed by atoms with Gasteiger partial charge in [0.05, 0.1) is 0 Å². The SMILES string of the molecule is Cc1cc(C(=O)N2CCC[C@H](c3nncn3C)C2)no1. The van der Waals surface area contributed by atoms with Gasteiger partial charge in [-0.25, -0.2) is 0 Å². The minimum atomic E-state index is -0.0753. The summed E-state index contributed by atoms with van der Waals surface area (Å²) in [7, 11) is 1.93. The van der Waals surface area contributed by atoms with Crippen LogP contribution in [0.25, 0.3) is 0 Å². The number of hydrogen-bond donors (Lipinski definition) is 0. The largest absolute Gasteiger partial charge is 0.361 e. The van der Waals surface area contributed by atoms with Crippen molar-refractivity contribution in [3.8, 4) is 0 Å². The van der Waals surface area contributed by atoms with Crippen LogP contribution in [0.2, 0.25) is 0 Å².